The molecule has 1 unspecified atom stereocenters. The molecular formula is C12H13N3O2. The minimum atomic E-state index is -0.863. The first-order valence-corrected chi connectivity index (χ1v) is 5.71. The maximum atomic E-state index is 12.0. The van der Waals surface area contributed by atoms with Crippen LogP contribution in [0.15, 0.2) is 12.3 Å². The number of aryl methyl sites for hydroxylation is 2. The van der Waals surface area contributed by atoms with E-state index in [2.05, 4.69) is 15.6 Å². The summed E-state index contributed by atoms with van der Waals surface area (Å²) in [6.45, 7) is 1.89. The molecule has 1 aromatic heterocycles. The molecule has 3 amide bonds. The summed E-state index contributed by atoms with van der Waals surface area (Å²) in [5.74, 6) is -0.242. The number of pyridine rings is 1. The van der Waals surface area contributed by atoms with Crippen LogP contribution < -0.4 is 10.6 Å². The van der Waals surface area contributed by atoms with E-state index in [0.29, 0.717) is 6.42 Å². The van der Waals surface area contributed by atoms with Crippen molar-refractivity contribution in [2.75, 3.05) is 0 Å². The number of urea groups is 1. The van der Waals surface area contributed by atoms with Crippen LogP contribution in [0.5, 0.6) is 0 Å². The summed E-state index contributed by atoms with van der Waals surface area (Å²) in [4.78, 5) is 27.6. The Morgan fingerprint density at radius 1 is 1.41 bits per heavy atom. The monoisotopic (exact) mass is 231 g/mol. The number of fused-ring (bicyclic) bond motifs is 2. The third-order valence-corrected chi connectivity index (χ3v) is 3.52. The van der Waals surface area contributed by atoms with E-state index in [1.54, 1.807) is 0 Å². The van der Waals surface area contributed by atoms with Crippen molar-refractivity contribution in [3.63, 3.8) is 0 Å². The van der Waals surface area contributed by atoms with Gasteiger partial charge >= 0.3 is 6.03 Å². The lowest BCUT2D eigenvalue weighted by Crippen LogP contribution is -2.46. The molecule has 1 fully saturated rings. The lowest BCUT2D eigenvalue weighted by molar-refractivity contribution is -0.124. The number of nitrogens with one attached hydrogen (secondary N) is 2. The van der Waals surface area contributed by atoms with Gasteiger partial charge in [0.15, 0.2) is 0 Å². The molecule has 1 aliphatic heterocycles. The Hall–Kier alpha value is -1.91. The van der Waals surface area contributed by atoms with Gasteiger partial charge < -0.3 is 5.32 Å². The van der Waals surface area contributed by atoms with Gasteiger partial charge in [-0.15, -0.1) is 0 Å². The molecule has 0 radical (unpaired) electrons. The van der Waals surface area contributed by atoms with E-state index in [4.69, 9.17) is 0 Å². The van der Waals surface area contributed by atoms with Crippen molar-refractivity contribution in [1.82, 2.24) is 15.6 Å². The second kappa shape index (κ2) is 3.29. The lowest BCUT2D eigenvalue weighted by atomic mass is 9.77. The zero-order valence-electron chi connectivity index (χ0n) is 9.54. The van der Waals surface area contributed by atoms with E-state index >= 15 is 0 Å². The second-order valence-corrected chi connectivity index (χ2v) is 4.65. The maximum Gasteiger partial charge on any atom is 0.322 e. The summed E-state index contributed by atoms with van der Waals surface area (Å²) in [6, 6.07) is 1.50. The van der Waals surface area contributed by atoms with Crippen LogP contribution in [0.3, 0.4) is 0 Å². The zero-order chi connectivity index (χ0) is 12.0. The molecular weight excluding hydrogens is 218 g/mol. The van der Waals surface area contributed by atoms with Gasteiger partial charge in [-0.05, 0) is 43.4 Å². The number of carbonyl (C=O) groups excluding carboxylic acids is 2. The number of aromatic nitrogens is 1. The molecule has 0 bridgehead atoms. The molecule has 2 aliphatic rings. The molecule has 0 saturated carbocycles. The van der Waals surface area contributed by atoms with Gasteiger partial charge in [0.1, 0.15) is 5.54 Å². The molecule has 5 nitrogen and oxygen atoms in total. The van der Waals surface area contributed by atoms with Gasteiger partial charge in [-0.1, -0.05) is 0 Å². The first kappa shape index (κ1) is 10.3. The highest BCUT2D eigenvalue weighted by Crippen LogP contribution is 2.37. The Balaban J connectivity index is 2.19. The van der Waals surface area contributed by atoms with Crippen LogP contribution in [-0.2, 0) is 16.8 Å². The number of amides is 3. The first-order valence-electron chi connectivity index (χ1n) is 5.71. The van der Waals surface area contributed by atoms with Crippen LogP contribution in [0, 0.1) is 6.92 Å². The average Bonchev–Trinajstić information content (AvgIpc) is 2.56. The van der Waals surface area contributed by atoms with Gasteiger partial charge in [-0.3, -0.25) is 15.1 Å². The smallest absolute Gasteiger partial charge is 0.319 e. The van der Waals surface area contributed by atoms with Gasteiger partial charge in [-0.25, -0.2) is 4.79 Å². The van der Waals surface area contributed by atoms with Crippen molar-refractivity contribution < 1.29 is 9.59 Å². The summed E-state index contributed by atoms with van der Waals surface area (Å²) < 4.78 is 0. The van der Waals surface area contributed by atoms with Crippen molar-refractivity contribution in [3.05, 3.63) is 29.1 Å². The molecule has 2 heterocycles. The van der Waals surface area contributed by atoms with Crippen LogP contribution in [-0.4, -0.2) is 16.9 Å². The van der Waals surface area contributed by atoms with Gasteiger partial charge in [0.2, 0.25) is 0 Å². The molecule has 1 saturated heterocycles. The van der Waals surface area contributed by atoms with Crippen LogP contribution in [0.2, 0.25) is 0 Å². The van der Waals surface area contributed by atoms with Crippen molar-refractivity contribution in [1.29, 1.82) is 0 Å². The Kier molecular flexibility index (Phi) is 1.98. The Bertz CT molecular complexity index is 526. The Labute approximate surface area is 98.6 Å². The molecule has 1 spiro atoms. The third kappa shape index (κ3) is 1.35. The second-order valence-electron chi connectivity index (χ2n) is 4.65. The number of carbonyl (C=O) groups is 2. The third-order valence-electron chi connectivity index (χ3n) is 3.52. The fourth-order valence-electron chi connectivity index (χ4n) is 2.72. The van der Waals surface area contributed by atoms with Gasteiger partial charge in [0.05, 0.1) is 0 Å². The van der Waals surface area contributed by atoms with Crippen LogP contribution in [0.1, 0.15) is 29.7 Å². The molecule has 1 aliphatic carbocycles. The van der Waals surface area contributed by atoms with E-state index in [9.17, 15) is 9.59 Å². The molecule has 5 heteroatoms. The molecule has 88 valence electrons. The molecule has 0 aromatic carbocycles. The highest BCUT2D eigenvalue weighted by atomic mass is 16.2. The highest BCUT2D eigenvalue weighted by molar-refractivity contribution is 6.07. The van der Waals surface area contributed by atoms with Crippen LogP contribution in [0.4, 0.5) is 4.79 Å². The SMILES string of the molecule is Cc1cc2c(cn1)CCCC21NC(=O)NC1=O. The maximum absolute atomic E-state index is 12.0. The summed E-state index contributed by atoms with van der Waals surface area (Å²) >= 11 is 0. The fraction of sp³-hybridized carbons (Fsp3) is 0.417. The van der Waals surface area contributed by atoms with Crippen molar-refractivity contribution in [3.8, 4) is 0 Å². The fourth-order valence-corrected chi connectivity index (χ4v) is 2.72. The average molecular weight is 231 g/mol. The Morgan fingerprint density at radius 2 is 2.24 bits per heavy atom. The minimum Gasteiger partial charge on any atom is -0.319 e. The normalized spacial score (nSPS) is 26.6. The number of rotatable bonds is 0. The zero-order valence-corrected chi connectivity index (χ0v) is 9.54. The highest BCUT2D eigenvalue weighted by Gasteiger charge is 2.49. The van der Waals surface area contributed by atoms with E-state index in [1.807, 2.05) is 19.2 Å². The predicted octanol–water partition coefficient (Wildman–Crippen LogP) is 0.761. The number of imide groups is 1. The summed E-state index contributed by atoms with van der Waals surface area (Å²) in [5.41, 5.74) is 1.95. The molecule has 3 rings (SSSR count). The van der Waals surface area contributed by atoms with Crippen LogP contribution in [0.25, 0.3) is 0 Å². The number of hydrogen-bond acceptors (Lipinski definition) is 3. The summed E-state index contributed by atoms with van der Waals surface area (Å²) in [7, 11) is 0. The van der Waals surface area contributed by atoms with Gasteiger partial charge in [0, 0.05) is 11.9 Å². The quantitative estimate of drug-likeness (QED) is 0.647. The first-order chi connectivity index (χ1) is 8.12. The minimum absolute atomic E-state index is 0.242. The van der Waals surface area contributed by atoms with E-state index < -0.39 is 11.6 Å². The van der Waals surface area contributed by atoms with Crippen molar-refractivity contribution in [2.24, 2.45) is 0 Å². The van der Waals surface area contributed by atoms with Crippen molar-refractivity contribution >= 4 is 11.9 Å². The predicted molar refractivity (Wildman–Crippen MR) is 60.3 cm³/mol. The van der Waals surface area contributed by atoms with E-state index in [-0.39, 0.29) is 5.91 Å². The van der Waals surface area contributed by atoms with Crippen LogP contribution >= 0.6 is 0 Å². The largest absolute Gasteiger partial charge is 0.322 e. The standard InChI is InChI=1S/C12H13N3O2/c1-7-5-9-8(6-13-7)3-2-4-12(9)10(16)14-11(17)15-12/h5-6H,2-4H2,1H3,(H2,14,15,16,17). The number of nitrogens with zero attached hydrogens (tertiary/aromatic N) is 1. The molecule has 17 heavy (non-hydrogen) atoms. The summed E-state index contributed by atoms with van der Waals surface area (Å²) in [6.07, 6.45) is 4.25. The Morgan fingerprint density at radius 3 is 2.94 bits per heavy atom. The van der Waals surface area contributed by atoms with Gasteiger partial charge in [0.25, 0.3) is 5.91 Å². The van der Waals surface area contributed by atoms with Gasteiger partial charge in [-0.2, -0.15) is 0 Å². The lowest BCUT2D eigenvalue weighted by Gasteiger charge is -2.32. The molecule has 2 N–H and O–H groups in total. The number of hydrogen-bond donors (Lipinski definition) is 2. The summed E-state index contributed by atoms with van der Waals surface area (Å²) in [5, 5.41) is 5.10. The van der Waals surface area contributed by atoms with Crippen molar-refractivity contribution in [2.45, 2.75) is 31.7 Å². The van der Waals surface area contributed by atoms with E-state index in [1.165, 1.54) is 0 Å². The van der Waals surface area contributed by atoms with E-state index in [0.717, 1.165) is 29.7 Å². The molecule has 1 aromatic rings. The molecule has 1 atom stereocenters. The topological polar surface area (TPSA) is 71.1 Å².